The first kappa shape index (κ1) is 18.1. The van der Waals surface area contributed by atoms with Crippen molar-refractivity contribution in [2.24, 2.45) is 0 Å². The zero-order valence-corrected chi connectivity index (χ0v) is 16.2. The van der Waals surface area contributed by atoms with Crippen molar-refractivity contribution >= 4 is 28.4 Å². The maximum Gasteiger partial charge on any atom is 0.222 e. The van der Waals surface area contributed by atoms with E-state index in [1.165, 1.54) is 22.0 Å². The molecule has 1 N–H and O–H groups in total. The van der Waals surface area contributed by atoms with Gasteiger partial charge in [-0.2, -0.15) is 0 Å². The fraction of sp³-hybridized carbons (Fsp3) is 0.348. The summed E-state index contributed by atoms with van der Waals surface area (Å²) in [5.74, 6) is 0.834. The predicted octanol–water partition coefficient (Wildman–Crippen LogP) is 5.55. The second-order valence-electron chi connectivity index (χ2n) is 7.42. The van der Waals surface area contributed by atoms with Gasteiger partial charge in [0.05, 0.1) is 0 Å². The van der Waals surface area contributed by atoms with Crippen LogP contribution in [-0.2, 0) is 11.2 Å². The van der Waals surface area contributed by atoms with Gasteiger partial charge >= 0.3 is 0 Å². The Bertz CT molecular complexity index is 908. The third-order valence-corrected chi connectivity index (χ3v) is 5.93. The van der Waals surface area contributed by atoms with Crippen LogP contribution in [0.5, 0.6) is 0 Å². The summed E-state index contributed by atoms with van der Waals surface area (Å²) in [4.78, 5) is 18.0. The van der Waals surface area contributed by atoms with E-state index in [4.69, 9.17) is 11.6 Å². The largest absolute Gasteiger partial charge is 0.361 e. The first-order valence-electron chi connectivity index (χ1n) is 9.79. The number of para-hydroxylation sites is 1. The number of rotatable bonds is 5. The molecule has 0 atom stereocenters. The van der Waals surface area contributed by atoms with E-state index in [-0.39, 0.29) is 0 Å². The van der Waals surface area contributed by atoms with E-state index in [9.17, 15) is 4.79 Å². The summed E-state index contributed by atoms with van der Waals surface area (Å²) < 4.78 is 0. The molecule has 3 aromatic rings. The lowest BCUT2D eigenvalue weighted by Crippen LogP contribution is -2.37. The highest BCUT2D eigenvalue weighted by atomic mass is 35.5. The molecule has 1 aliphatic heterocycles. The molecule has 1 saturated heterocycles. The zero-order chi connectivity index (χ0) is 18.6. The highest BCUT2D eigenvalue weighted by molar-refractivity contribution is 6.30. The monoisotopic (exact) mass is 380 g/mol. The quantitative estimate of drug-likeness (QED) is 0.618. The molecule has 2 aromatic carbocycles. The Morgan fingerprint density at radius 2 is 1.81 bits per heavy atom. The Balaban J connectivity index is 1.27. The van der Waals surface area contributed by atoms with Crippen LogP contribution in [-0.4, -0.2) is 28.9 Å². The van der Waals surface area contributed by atoms with Crippen molar-refractivity contribution in [2.75, 3.05) is 13.1 Å². The van der Waals surface area contributed by atoms with Gasteiger partial charge in [0.1, 0.15) is 0 Å². The Morgan fingerprint density at radius 3 is 2.59 bits per heavy atom. The molecule has 1 aromatic heterocycles. The second kappa shape index (κ2) is 8.18. The number of amides is 1. The average Bonchev–Trinajstić information content (AvgIpc) is 3.14. The van der Waals surface area contributed by atoms with Gasteiger partial charge < -0.3 is 9.88 Å². The minimum Gasteiger partial charge on any atom is -0.361 e. The summed E-state index contributed by atoms with van der Waals surface area (Å²) in [5.41, 5.74) is 3.85. The first-order valence-corrected chi connectivity index (χ1v) is 10.2. The number of aryl methyl sites for hydroxylation is 1. The summed E-state index contributed by atoms with van der Waals surface area (Å²) >= 11 is 5.92. The lowest BCUT2D eigenvalue weighted by Gasteiger charge is -2.32. The molecule has 1 aliphatic rings. The highest BCUT2D eigenvalue weighted by Crippen LogP contribution is 2.33. The Labute approximate surface area is 165 Å². The molecule has 4 rings (SSSR count). The van der Waals surface area contributed by atoms with E-state index in [0.29, 0.717) is 18.2 Å². The van der Waals surface area contributed by atoms with Crippen molar-refractivity contribution in [3.05, 3.63) is 70.9 Å². The van der Waals surface area contributed by atoms with Crippen LogP contribution in [0, 0.1) is 0 Å². The molecule has 0 unspecified atom stereocenters. The van der Waals surface area contributed by atoms with Gasteiger partial charge in [0.2, 0.25) is 5.91 Å². The van der Waals surface area contributed by atoms with Gasteiger partial charge in [0.25, 0.3) is 0 Å². The second-order valence-corrected chi connectivity index (χ2v) is 7.86. The zero-order valence-electron chi connectivity index (χ0n) is 15.5. The summed E-state index contributed by atoms with van der Waals surface area (Å²) in [6.45, 7) is 1.73. The molecule has 1 amide bonds. The van der Waals surface area contributed by atoms with Gasteiger partial charge in [0, 0.05) is 41.6 Å². The van der Waals surface area contributed by atoms with Crippen molar-refractivity contribution in [3.8, 4) is 0 Å². The van der Waals surface area contributed by atoms with Crippen LogP contribution in [0.2, 0.25) is 5.02 Å². The maximum absolute atomic E-state index is 12.5. The van der Waals surface area contributed by atoms with E-state index >= 15 is 0 Å². The minimum absolute atomic E-state index is 0.293. The molecular formula is C23H25ClN2O. The van der Waals surface area contributed by atoms with Gasteiger partial charge in [0.15, 0.2) is 0 Å². The van der Waals surface area contributed by atoms with Gasteiger partial charge in [-0.15, -0.1) is 0 Å². The van der Waals surface area contributed by atoms with Crippen LogP contribution in [0.25, 0.3) is 10.9 Å². The van der Waals surface area contributed by atoms with Crippen molar-refractivity contribution in [3.63, 3.8) is 0 Å². The van der Waals surface area contributed by atoms with Crippen LogP contribution in [0.4, 0.5) is 0 Å². The van der Waals surface area contributed by atoms with Crippen LogP contribution >= 0.6 is 11.6 Å². The van der Waals surface area contributed by atoms with Crippen molar-refractivity contribution in [2.45, 2.75) is 38.0 Å². The fourth-order valence-electron chi connectivity index (χ4n) is 4.12. The van der Waals surface area contributed by atoms with Crippen molar-refractivity contribution in [1.29, 1.82) is 0 Å². The summed E-state index contributed by atoms with van der Waals surface area (Å²) in [6, 6.07) is 16.4. The number of aromatic amines is 1. The van der Waals surface area contributed by atoms with E-state index in [1.807, 2.05) is 29.2 Å². The maximum atomic E-state index is 12.5. The van der Waals surface area contributed by atoms with Crippen LogP contribution in [0.3, 0.4) is 0 Å². The lowest BCUT2D eigenvalue weighted by atomic mass is 9.89. The van der Waals surface area contributed by atoms with Crippen LogP contribution < -0.4 is 0 Å². The molecule has 0 spiro atoms. The highest BCUT2D eigenvalue weighted by Gasteiger charge is 2.25. The van der Waals surface area contributed by atoms with Crippen LogP contribution in [0.1, 0.15) is 42.7 Å². The van der Waals surface area contributed by atoms with Gasteiger partial charge in [-0.1, -0.05) is 41.9 Å². The van der Waals surface area contributed by atoms with Crippen molar-refractivity contribution in [1.82, 2.24) is 9.88 Å². The van der Waals surface area contributed by atoms with Crippen LogP contribution in [0.15, 0.2) is 54.7 Å². The average molecular weight is 381 g/mol. The molecule has 0 radical (unpaired) electrons. The number of fused-ring (bicyclic) bond motifs is 1. The number of H-pyrrole nitrogens is 1. The first-order chi connectivity index (χ1) is 13.2. The number of piperidine rings is 1. The molecule has 0 saturated carbocycles. The van der Waals surface area contributed by atoms with E-state index in [1.54, 1.807) is 0 Å². The molecule has 2 heterocycles. The number of nitrogens with zero attached hydrogens (tertiary/aromatic N) is 1. The van der Waals surface area contributed by atoms with Crippen molar-refractivity contribution < 1.29 is 4.79 Å². The molecular weight excluding hydrogens is 356 g/mol. The van der Waals surface area contributed by atoms with Gasteiger partial charge in [-0.05, 0) is 60.9 Å². The topological polar surface area (TPSA) is 36.1 Å². The third-order valence-electron chi connectivity index (χ3n) is 5.68. The number of carbonyl (C=O) groups excluding carboxylic acids is 1. The Hall–Kier alpha value is -2.26. The molecule has 27 heavy (non-hydrogen) atoms. The minimum atomic E-state index is 0.293. The number of hydrogen-bond donors (Lipinski definition) is 1. The lowest BCUT2D eigenvalue weighted by molar-refractivity contribution is -0.132. The standard InChI is InChI=1S/C23H25ClN2O/c24-19-10-8-17(9-11-19)4-3-7-23(27)26-14-12-18(13-15-26)21-16-25-22-6-2-1-5-20(21)22/h1-2,5-6,8-11,16,18,25H,3-4,7,12-15H2. The normalized spacial score (nSPS) is 15.4. The number of halogens is 1. The summed E-state index contributed by atoms with van der Waals surface area (Å²) in [6.07, 6.45) is 6.69. The van der Waals surface area contributed by atoms with E-state index in [2.05, 4.69) is 35.4 Å². The Kier molecular flexibility index (Phi) is 5.49. The summed E-state index contributed by atoms with van der Waals surface area (Å²) in [5, 5.41) is 2.08. The number of hydrogen-bond acceptors (Lipinski definition) is 1. The van der Waals surface area contributed by atoms with E-state index in [0.717, 1.165) is 43.8 Å². The molecule has 140 valence electrons. The van der Waals surface area contributed by atoms with Gasteiger partial charge in [-0.25, -0.2) is 0 Å². The summed E-state index contributed by atoms with van der Waals surface area (Å²) in [7, 11) is 0. The molecule has 4 heteroatoms. The molecule has 1 fully saturated rings. The third kappa shape index (κ3) is 4.19. The number of carbonyl (C=O) groups is 1. The number of nitrogens with one attached hydrogen (secondary N) is 1. The number of aromatic nitrogens is 1. The molecule has 0 aliphatic carbocycles. The SMILES string of the molecule is O=C(CCCc1ccc(Cl)cc1)N1CCC(c2c[nH]c3ccccc23)CC1. The number of likely N-dealkylation sites (tertiary alicyclic amines) is 1. The Morgan fingerprint density at radius 1 is 1.07 bits per heavy atom. The smallest absolute Gasteiger partial charge is 0.222 e. The fourth-order valence-corrected chi connectivity index (χ4v) is 4.25. The molecule has 3 nitrogen and oxygen atoms in total. The van der Waals surface area contributed by atoms with E-state index < -0.39 is 0 Å². The van der Waals surface area contributed by atoms with Gasteiger partial charge in [-0.3, -0.25) is 4.79 Å². The number of benzene rings is 2. The molecule has 0 bridgehead atoms. The predicted molar refractivity (Wildman–Crippen MR) is 111 cm³/mol.